The lowest BCUT2D eigenvalue weighted by Gasteiger charge is -2.40. The van der Waals surface area contributed by atoms with E-state index in [1.54, 1.807) is 18.2 Å². The molecule has 9 nitrogen and oxygen atoms in total. The maximum atomic E-state index is 13.6. The first-order valence-electron chi connectivity index (χ1n) is 10.2. The fourth-order valence-corrected chi connectivity index (χ4v) is 6.06. The largest absolute Gasteiger partial charge is 0.477 e. The van der Waals surface area contributed by atoms with Crippen LogP contribution in [0, 0.1) is 6.92 Å². The van der Waals surface area contributed by atoms with Crippen molar-refractivity contribution in [1.82, 2.24) is 10.9 Å². The van der Waals surface area contributed by atoms with Gasteiger partial charge in [0.15, 0.2) is 0 Å². The molecule has 0 saturated carbocycles. The number of aliphatic carboxylic acids is 1. The summed E-state index contributed by atoms with van der Waals surface area (Å²) in [7, 11) is -4.44. The minimum atomic E-state index is -4.44. The molecule has 0 radical (unpaired) electrons. The van der Waals surface area contributed by atoms with Gasteiger partial charge in [0, 0.05) is 6.42 Å². The molecule has 2 atom stereocenters. The van der Waals surface area contributed by atoms with Crippen LogP contribution in [0.25, 0.3) is 0 Å². The third kappa shape index (κ3) is 4.37. The van der Waals surface area contributed by atoms with Crippen LogP contribution in [-0.4, -0.2) is 47.9 Å². The van der Waals surface area contributed by atoms with E-state index in [1.807, 2.05) is 19.1 Å². The number of quaternary nitrogens is 1. The maximum Gasteiger partial charge on any atom is 0.451 e. The van der Waals surface area contributed by atoms with Gasteiger partial charge in [0.2, 0.25) is 11.9 Å². The summed E-state index contributed by atoms with van der Waals surface area (Å²) in [4.78, 5) is 37.5. The monoisotopic (exact) mass is 460 g/mol. The summed E-state index contributed by atoms with van der Waals surface area (Å²) >= 11 is 0. The van der Waals surface area contributed by atoms with Crippen LogP contribution in [0.2, 0.25) is 0 Å². The van der Waals surface area contributed by atoms with E-state index >= 15 is 0 Å². The summed E-state index contributed by atoms with van der Waals surface area (Å²) in [5, 5.41) is 9.79. The van der Waals surface area contributed by atoms with Crippen molar-refractivity contribution in [3.8, 4) is 0 Å². The van der Waals surface area contributed by atoms with Gasteiger partial charge in [-0.2, -0.15) is 8.42 Å². The number of carbonyl (C=O) groups is 3. The molecule has 0 aliphatic carbocycles. The standard InChI is InChI=1S/C22H25N3O6S/c1-16-9-5-6-10-17(16)15-20(26)23-24-22(29)25(14-8-7-13-19(25)21(27)28)32(30,31)18-11-3-2-4-12-18/h2-6,9-12,19H,7-8,13-15H2,1H3,(H2-,23,24,26,27,28,29)/p+1/t19?,25-/m0/s1. The van der Waals surface area contributed by atoms with Crippen molar-refractivity contribution in [2.75, 3.05) is 6.54 Å². The first kappa shape index (κ1) is 23.4. The zero-order chi connectivity index (χ0) is 23.4. The number of likely N-dealkylation sites (tertiary alicyclic amines) is 1. The third-order valence-corrected chi connectivity index (χ3v) is 8.07. The van der Waals surface area contributed by atoms with E-state index in [0.717, 1.165) is 11.1 Å². The fourth-order valence-electron chi connectivity index (χ4n) is 4.01. The minimum Gasteiger partial charge on any atom is -0.477 e. The average Bonchev–Trinajstić information content (AvgIpc) is 2.79. The molecule has 3 amide bonds. The summed E-state index contributed by atoms with van der Waals surface area (Å²) in [5.41, 5.74) is 6.08. The number of carboxylic acids is 1. The molecule has 1 aliphatic rings. The highest BCUT2D eigenvalue weighted by atomic mass is 32.2. The lowest BCUT2D eigenvalue weighted by Crippen LogP contribution is -2.70. The topological polar surface area (TPSA) is 130 Å². The van der Waals surface area contributed by atoms with Crippen molar-refractivity contribution in [3.05, 3.63) is 65.7 Å². The molecule has 2 aromatic carbocycles. The van der Waals surface area contributed by atoms with Crippen molar-refractivity contribution < 1.29 is 31.8 Å². The Labute approximate surface area is 186 Å². The van der Waals surface area contributed by atoms with Crippen LogP contribution in [0.4, 0.5) is 4.79 Å². The zero-order valence-electron chi connectivity index (χ0n) is 17.7. The number of carbonyl (C=O) groups excluding carboxylic acids is 2. The molecule has 3 rings (SSSR count). The molecule has 0 bridgehead atoms. The third-order valence-electron chi connectivity index (χ3n) is 5.74. The number of benzene rings is 2. The molecule has 1 fully saturated rings. The van der Waals surface area contributed by atoms with E-state index in [9.17, 15) is 27.9 Å². The Hall–Kier alpha value is -3.24. The van der Waals surface area contributed by atoms with Gasteiger partial charge in [-0.25, -0.2) is 15.0 Å². The SMILES string of the molecule is Cc1ccccc1CC(=O)NNC(=O)[N@+]1(S(=O)(=O)c2ccccc2)CCCCC1C(=O)O. The van der Waals surface area contributed by atoms with Crippen LogP contribution in [0.5, 0.6) is 0 Å². The number of nitrogens with zero attached hydrogens (tertiary/aromatic N) is 1. The molecule has 0 spiro atoms. The van der Waals surface area contributed by atoms with E-state index in [2.05, 4.69) is 10.9 Å². The molecule has 170 valence electrons. The number of rotatable bonds is 5. The number of sulfonamides is 1. The maximum absolute atomic E-state index is 13.6. The highest BCUT2D eigenvalue weighted by molar-refractivity contribution is 7.86. The molecule has 1 saturated heterocycles. The molecular weight excluding hydrogens is 434 g/mol. The fraction of sp³-hybridized carbons (Fsp3) is 0.318. The Balaban J connectivity index is 1.90. The smallest absolute Gasteiger partial charge is 0.451 e. The van der Waals surface area contributed by atoms with Crippen LogP contribution in [-0.2, 0) is 26.0 Å². The first-order valence-corrected chi connectivity index (χ1v) is 11.7. The van der Waals surface area contributed by atoms with E-state index in [-0.39, 0.29) is 24.3 Å². The number of piperidine rings is 1. The molecule has 3 N–H and O–H groups in total. The second kappa shape index (κ2) is 9.49. The number of hydrazine groups is 1. The van der Waals surface area contributed by atoms with Gasteiger partial charge in [-0.1, -0.05) is 42.5 Å². The van der Waals surface area contributed by atoms with E-state index in [0.29, 0.717) is 12.8 Å². The summed E-state index contributed by atoms with van der Waals surface area (Å²) in [6.07, 6.45) is 0.821. The van der Waals surface area contributed by atoms with Crippen LogP contribution in [0.15, 0.2) is 59.5 Å². The summed E-state index contributed by atoms with van der Waals surface area (Å²) in [6, 6.07) is 11.9. The second-order valence-electron chi connectivity index (χ2n) is 7.74. The first-order chi connectivity index (χ1) is 15.2. The van der Waals surface area contributed by atoms with Crippen LogP contribution in [0.3, 0.4) is 0 Å². The molecule has 1 unspecified atom stereocenters. The number of urea groups is 1. The Morgan fingerprint density at radius 1 is 1.00 bits per heavy atom. The number of aryl methyl sites for hydroxylation is 1. The Morgan fingerprint density at radius 2 is 1.66 bits per heavy atom. The minimum absolute atomic E-state index is 0.0198. The number of amides is 3. The number of nitrogens with one attached hydrogen (secondary N) is 2. The second-order valence-corrected chi connectivity index (χ2v) is 9.81. The summed E-state index contributed by atoms with van der Waals surface area (Å²) < 4.78 is 25.8. The molecule has 2 aromatic rings. The van der Waals surface area contributed by atoms with Gasteiger partial charge in [-0.05, 0) is 43.0 Å². The molecular formula is C22H26N3O6S+. The van der Waals surface area contributed by atoms with Gasteiger partial charge >= 0.3 is 22.0 Å². The highest BCUT2D eigenvalue weighted by Crippen LogP contribution is 2.35. The van der Waals surface area contributed by atoms with E-state index < -0.39 is 37.9 Å². The van der Waals surface area contributed by atoms with Gasteiger partial charge in [0.05, 0.1) is 6.42 Å². The van der Waals surface area contributed by atoms with E-state index in [1.165, 1.54) is 24.3 Å². The predicted octanol–water partition coefficient (Wildman–Crippen LogP) is 2.12. The normalized spacial score (nSPS) is 20.8. The van der Waals surface area contributed by atoms with Gasteiger partial charge < -0.3 is 5.11 Å². The van der Waals surface area contributed by atoms with Gasteiger partial charge in [-0.3, -0.25) is 10.2 Å². The van der Waals surface area contributed by atoms with Crippen LogP contribution >= 0.6 is 0 Å². The molecule has 1 heterocycles. The number of carboxylic acid groups (broad SMARTS) is 1. The van der Waals surface area contributed by atoms with Crippen LogP contribution in [0.1, 0.15) is 30.4 Å². The Bertz CT molecular complexity index is 1120. The number of hydrogen-bond acceptors (Lipinski definition) is 5. The van der Waals surface area contributed by atoms with Crippen molar-refractivity contribution in [2.24, 2.45) is 0 Å². The summed E-state index contributed by atoms with van der Waals surface area (Å²) in [6.45, 7) is 1.63. The molecule has 0 aromatic heterocycles. The van der Waals surface area contributed by atoms with Crippen molar-refractivity contribution in [1.29, 1.82) is 0 Å². The van der Waals surface area contributed by atoms with Crippen molar-refractivity contribution >= 4 is 27.9 Å². The van der Waals surface area contributed by atoms with Gasteiger partial charge in [-0.15, -0.1) is 3.89 Å². The van der Waals surface area contributed by atoms with Gasteiger partial charge in [0.25, 0.3) is 0 Å². The number of hydrogen-bond donors (Lipinski definition) is 3. The Morgan fingerprint density at radius 3 is 2.31 bits per heavy atom. The lowest BCUT2D eigenvalue weighted by atomic mass is 10.0. The molecule has 32 heavy (non-hydrogen) atoms. The molecule has 1 aliphatic heterocycles. The summed E-state index contributed by atoms with van der Waals surface area (Å²) in [5.74, 6) is -1.93. The van der Waals surface area contributed by atoms with E-state index in [4.69, 9.17) is 0 Å². The zero-order valence-corrected chi connectivity index (χ0v) is 18.5. The molecule has 10 heteroatoms. The quantitative estimate of drug-likeness (QED) is 0.463. The predicted molar refractivity (Wildman–Crippen MR) is 116 cm³/mol. The van der Waals surface area contributed by atoms with Crippen LogP contribution < -0.4 is 10.9 Å². The lowest BCUT2D eigenvalue weighted by molar-refractivity contribution is -0.749. The van der Waals surface area contributed by atoms with Crippen molar-refractivity contribution in [3.63, 3.8) is 0 Å². The van der Waals surface area contributed by atoms with Gasteiger partial charge in [0.1, 0.15) is 11.4 Å². The highest BCUT2D eigenvalue weighted by Gasteiger charge is 2.60. The average molecular weight is 461 g/mol. The van der Waals surface area contributed by atoms with Crippen molar-refractivity contribution in [2.45, 2.75) is 43.5 Å². The Kier molecular flexibility index (Phi) is 6.95.